The molecule has 0 aliphatic carbocycles. The van der Waals surface area contributed by atoms with Crippen LogP contribution in [0, 0.1) is 25.2 Å². The lowest BCUT2D eigenvalue weighted by atomic mass is 10.1. The number of hydrogen-bond donors (Lipinski definition) is 0. The van der Waals surface area contributed by atoms with Crippen LogP contribution in [0.1, 0.15) is 16.8 Å². The van der Waals surface area contributed by atoms with Crippen molar-refractivity contribution in [3.8, 4) is 6.07 Å². The van der Waals surface area contributed by atoms with Crippen LogP contribution in [0.3, 0.4) is 0 Å². The summed E-state index contributed by atoms with van der Waals surface area (Å²) >= 11 is 3.56. The molecule has 0 fully saturated rings. The largest absolute Gasteiger partial charge is 0.237 e. The fraction of sp³-hybridized carbons (Fsp3) is 0.167. The second-order valence-corrected chi connectivity index (χ2v) is 4.30. The summed E-state index contributed by atoms with van der Waals surface area (Å²) in [5.41, 5.74) is 3.72. The molecule has 0 aliphatic rings. The predicted octanol–water partition coefficient (Wildman–Crippen LogP) is 3.49. The minimum Gasteiger partial charge on any atom is -0.237 e. The number of nitriles is 1. The molecule has 3 heteroatoms. The summed E-state index contributed by atoms with van der Waals surface area (Å²) in [5, 5.41) is 9.82. The summed E-state index contributed by atoms with van der Waals surface area (Å²) in [7, 11) is 0. The molecule has 0 saturated carbocycles. The van der Waals surface area contributed by atoms with Gasteiger partial charge in [-0.3, -0.25) is 0 Å². The van der Waals surface area contributed by atoms with Gasteiger partial charge in [0.2, 0.25) is 0 Å². The quantitative estimate of drug-likeness (QED) is 0.727. The Kier molecular flexibility index (Phi) is 2.45. The molecular formula is C12H9BrN2. The van der Waals surface area contributed by atoms with Crippen molar-refractivity contribution in [1.29, 1.82) is 5.26 Å². The molecule has 1 aromatic carbocycles. The van der Waals surface area contributed by atoms with Gasteiger partial charge in [-0.15, -0.1) is 0 Å². The number of hydrogen-bond acceptors (Lipinski definition) is 2. The van der Waals surface area contributed by atoms with Crippen LogP contribution in [0.5, 0.6) is 0 Å². The first-order valence-corrected chi connectivity index (χ1v) is 5.39. The van der Waals surface area contributed by atoms with E-state index in [1.54, 1.807) is 6.07 Å². The molecule has 2 rings (SSSR count). The van der Waals surface area contributed by atoms with Gasteiger partial charge in [-0.1, -0.05) is 0 Å². The van der Waals surface area contributed by atoms with Crippen LogP contribution in [-0.2, 0) is 0 Å². The van der Waals surface area contributed by atoms with Crippen molar-refractivity contribution in [2.45, 2.75) is 13.8 Å². The first-order valence-electron chi connectivity index (χ1n) is 4.60. The van der Waals surface area contributed by atoms with E-state index in [-0.39, 0.29) is 0 Å². The fourth-order valence-corrected chi connectivity index (χ4v) is 2.17. The van der Waals surface area contributed by atoms with E-state index in [0.717, 1.165) is 15.4 Å². The van der Waals surface area contributed by atoms with Crippen LogP contribution < -0.4 is 0 Å². The molecule has 0 unspecified atom stereocenters. The Bertz CT molecular complexity index is 582. The van der Waals surface area contributed by atoms with E-state index < -0.39 is 0 Å². The SMILES string of the molecule is Cc1cc2nc(C#N)ccc2c(Br)c1C. The van der Waals surface area contributed by atoms with Gasteiger partial charge in [-0.25, -0.2) is 4.98 Å². The maximum atomic E-state index is 8.77. The second kappa shape index (κ2) is 3.63. The smallest absolute Gasteiger partial charge is 0.141 e. The summed E-state index contributed by atoms with van der Waals surface area (Å²) in [4.78, 5) is 4.27. The molecular weight excluding hydrogens is 252 g/mol. The van der Waals surface area contributed by atoms with E-state index in [0.29, 0.717) is 5.69 Å². The molecule has 74 valence electrons. The highest BCUT2D eigenvalue weighted by atomic mass is 79.9. The zero-order chi connectivity index (χ0) is 11.0. The van der Waals surface area contributed by atoms with Crippen molar-refractivity contribution in [3.05, 3.63) is 39.5 Å². The Morgan fingerprint density at radius 1 is 1.33 bits per heavy atom. The number of aromatic nitrogens is 1. The summed E-state index contributed by atoms with van der Waals surface area (Å²) in [6, 6.07) is 7.72. The number of benzene rings is 1. The van der Waals surface area contributed by atoms with E-state index >= 15 is 0 Å². The fourth-order valence-electron chi connectivity index (χ4n) is 1.52. The maximum Gasteiger partial charge on any atom is 0.141 e. The van der Waals surface area contributed by atoms with Crippen LogP contribution in [0.15, 0.2) is 22.7 Å². The van der Waals surface area contributed by atoms with Crippen LogP contribution >= 0.6 is 15.9 Å². The van der Waals surface area contributed by atoms with Crippen LogP contribution in [0.2, 0.25) is 0 Å². The molecule has 0 amide bonds. The van der Waals surface area contributed by atoms with Gasteiger partial charge in [0, 0.05) is 9.86 Å². The normalized spacial score (nSPS) is 10.3. The minimum atomic E-state index is 0.456. The van der Waals surface area contributed by atoms with Crippen molar-refractivity contribution < 1.29 is 0 Å². The van der Waals surface area contributed by atoms with Crippen molar-refractivity contribution in [2.24, 2.45) is 0 Å². The second-order valence-electron chi connectivity index (χ2n) is 3.51. The molecule has 1 aromatic heterocycles. The van der Waals surface area contributed by atoms with Crippen LogP contribution in [0.25, 0.3) is 10.9 Å². The minimum absolute atomic E-state index is 0.456. The molecule has 15 heavy (non-hydrogen) atoms. The molecule has 0 atom stereocenters. The van der Waals surface area contributed by atoms with E-state index in [1.807, 2.05) is 25.1 Å². The monoisotopic (exact) mass is 260 g/mol. The molecule has 0 radical (unpaired) electrons. The Morgan fingerprint density at radius 2 is 2.07 bits per heavy atom. The lowest BCUT2D eigenvalue weighted by Gasteiger charge is -2.07. The summed E-state index contributed by atoms with van der Waals surface area (Å²) < 4.78 is 1.06. The number of aryl methyl sites for hydroxylation is 1. The molecule has 0 saturated heterocycles. The average molecular weight is 261 g/mol. The number of pyridine rings is 1. The number of rotatable bonds is 0. The van der Waals surface area contributed by atoms with Crippen molar-refractivity contribution in [3.63, 3.8) is 0 Å². The van der Waals surface area contributed by atoms with Gasteiger partial charge in [0.15, 0.2) is 0 Å². The third-order valence-electron chi connectivity index (χ3n) is 2.55. The van der Waals surface area contributed by atoms with Crippen molar-refractivity contribution >= 4 is 26.8 Å². The van der Waals surface area contributed by atoms with Gasteiger partial charge in [0.25, 0.3) is 0 Å². The zero-order valence-electron chi connectivity index (χ0n) is 8.50. The molecule has 2 nitrogen and oxygen atoms in total. The van der Waals surface area contributed by atoms with Crippen LogP contribution in [0.4, 0.5) is 0 Å². The highest BCUT2D eigenvalue weighted by Crippen LogP contribution is 2.28. The average Bonchev–Trinajstić information content (AvgIpc) is 2.25. The van der Waals surface area contributed by atoms with Crippen LogP contribution in [-0.4, -0.2) is 4.98 Å². The van der Waals surface area contributed by atoms with Gasteiger partial charge in [0.1, 0.15) is 11.8 Å². The summed E-state index contributed by atoms with van der Waals surface area (Å²) in [5.74, 6) is 0. The molecule has 1 heterocycles. The van der Waals surface area contributed by atoms with Crippen molar-refractivity contribution in [1.82, 2.24) is 4.98 Å². The Morgan fingerprint density at radius 3 is 2.73 bits per heavy atom. The highest BCUT2D eigenvalue weighted by Gasteiger charge is 2.06. The van der Waals surface area contributed by atoms with E-state index in [1.165, 1.54) is 11.1 Å². The van der Waals surface area contributed by atoms with Gasteiger partial charge in [0.05, 0.1) is 5.52 Å². The van der Waals surface area contributed by atoms with E-state index in [9.17, 15) is 0 Å². The zero-order valence-corrected chi connectivity index (χ0v) is 10.1. The first kappa shape index (κ1) is 10.1. The lowest BCUT2D eigenvalue weighted by molar-refractivity contribution is 1.28. The molecule has 0 bridgehead atoms. The predicted molar refractivity (Wildman–Crippen MR) is 63.6 cm³/mol. The third kappa shape index (κ3) is 1.62. The molecule has 2 aromatic rings. The van der Waals surface area contributed by atoms with Crippen molar-refractivity contribution in [2.75, 3.05) is 0 Å². The topological polar surface area (TPSA) is 36.7 Å². The van der Waals surface area contributed by atoms with E-state index in [2.05, 4.69) is 27.8 Å². The molecule has 0 N–H and O–H groups in total. The summed E-state index contributed by atoms with van der Waals surface area (Å²) in [6.07, 6.45) is 0. The first-order chi connectivity index (χ1) is 7.13. The van der Waals surface area contributed by atoms with Gasteiger partial charge in [-0.05, 0) is 59.1 Å². The number of halogens is 1. The number of fused-ring (bicyclic) bond motifs is 1. The standard InChI is InChI=1S/C12H9BrN2/c1-7-5-11-10(12(13)8(7)2)4-3-9(6-14)15-11/h3-5H,1-2H3. The maximum absolute atomic E-state index is 8.77. The lowest BCUT2D eigenvalue weighted by Crippen LogP contribution is -1.90. The summed E-state index contributed by atoms with van der Waals surface area (Å²) in [6.45, 7) is 4.11. The van der Waals surface area contributed by atoms with Gasteiger partial charge < -0.3 is 0 Å². The molecule has 0 aliphatic heterocycles. The Labute approximate surface area is 96.7 Å². The number of nitrogens with zero attached hydrogens (tertiary/aromatic N) is 2. The third-order valence-corrected chi connectivity index (χ3v) is 3.57. The van der Waals surface area contributed by atoms with Gasteiger partial charge in [-0.2, -0.15) is 5.26 Å². The van der Waals surface area contributed by atoms with E-state index in [4.69, 9.17) is 5.26 Å². The Balaban J connectivity index is 2.87. The Hall–Kier alpha value is -1.40. The molecule has 0 spiro atoms. The highest BCUT2D eigenvalue weighted by molar-refractivity contribution is 9.10. The van der Waals surface area contributed by atoms with Gasteiger partial charge >= 0.3 is 0 Å².